The molecule has 4 rings (SSSR count). The van der Waals surface area contributed by atoms with E-state index in [2.05, 4.69) is 17.4 Å². The van der Waals surface area contributed by atoms with E-state index >= 15 is 0 Å². The highest BCUT2D eigenvalue weighted by Crippen LogP contribution is 2.31. The third kappa shape index (κ3) is 3.30. The van der Waals surface area contributed by atoms with Crippen LogP contribution in [-0.4, -0.2) is 21.0 Å². The van der Waals surface area contributed by atoms with Gasteiger partial charge >= 0.3 is 0 Å². The van der Waals surface area contributed by atoms with Crippen molar-refractivity contribution in [2.45, 2.75) is 39.6 Å². The van der Waals surface area contributed by atoms with Crippen molar-refractivity contribution >= 4 is 0 Å². The second-order valence-electron chi connectivity index (χ2n) is 6.90. The Hall–Kier alpha value is -2.79. The molecule has 0 aliphatic carbocycles. The maximum atomic E-state index is 9.74. The van der Waals surface area contributed by atoms with Gasteiger partial charge in [0.05, 0.1) is 24.0 Å². The highest BCUT2D eigenvalue weighted by molar-refractivity contribution is 5.66. The lowest BCUT2D eigenvalue weighted by Gasteiger charge is -2.13. The molecule has 0 spiro atoms. The molecular formula is C21H23N3O2. The molecule has 0 radical (unpaired) electrons. The zero-order valence-corrected chi connectivity index (χ0v) is 15.1. The van der Waals surface area contributed by atoms with Gasteiger partial charge in [-0.1, -0.05) is 12.1 Å². The molecule has 2 N–H and O–H groups in total. The molecule has 0 amide bonds. The molecule has 26 heavy (non-hydrogen) atoms. The van der Waals surface area contributed by atoms with Gasteiger partial charge in [-0.25, -0.2) is 0 Å². The van der Waals surface area contributed by atoms with Crippen molar-refractivity contribution in [2.24, 2.45) is 0 Å². The van der Waals surface area contributed by atoms with Crippen molar-refractivity contribution in [3.63, 3.8) is 0 Å². The zero-order valence-electron chi connectivity index (χ0n) is 15.1. The number of ether oxygens (including phenoxy) is 1. The van der Waals surface area contributed by atoms with Gasteiger partial charge in [-0.15, -0.1) is 0 Å². The van der Waals surface area contributed by atoms with Crippen molar-refractivity contribution in [3.8, 4) is 22.8 Å². The summed E-state index contributed by atoms with van der Waals surface area (Å²) in [5.74, 6) is 1.15. The summed E-state index contributed by atoms with van der Waals surface area (Å²) in [6, 6.07) is 15.5. The van der Waals surface area contributed by atoms with Crippen LogP contribution in [0.25, 0.3) is 11.3 Å². The van der Waals surface area contributed by atoms with E-state index in [0.717, 1.165) is 41.4 Å². The Labute approximate surface area is 153 Å². The lowest BCUT2D eigenvalue weighted by atomic mass is 10.1. The number of nitrogens with zero attached hydrogens (tertiary/aromatic N) is 2. The lowest BCUT2D eigenvalue weighted by Crippen LogP contribution is -2.10. The van der Waals surface area contributed by atoms with E-state index in [1.807, 2.05) is 42.8 Å². The van der Waals surface area contributed by atoms with Crippen LogP contribution in [0, 0.1) is 0 Å². The Kier molecular flexibility index (Phi) is 4.39. The number of phenols is 1. The summed E-state index contributed by atoms with van der Waals surface area (Å²) in [6.07, 6.45) is 0.158. The van der Waals surface area contributed by atoms with Crippen LogP contribution in [0.5, 0.6) is 11.5 Å². The van der Waals surface area contributed by atoms with Gasteiger partial charge in [-0.05, 0) is 55.8 Å². The van der Waals surface area contributed by atoms with E-state index in [0.29, 0.717) is 6.54 Å². The summed E-state index contributed by atoms with van der Waals surface area (Å²) in [5, 5.41) is 17.9. The quantitative estimate of drug-likeness (QED) is 0.737. The second-order valence-corrected chi connectivity index (χ2v) is 6.90. The molecule has 0 bridgehead atoms. The zero-order chi connectivity index (χ0) is 18.1. The number of fused-ring (bicyclic) bond motifs is 1. The minimum atomic E-state index is 0.158. The second kappa shape index (κ2) is 6.84. The van der Waals surface area contributed by atoms with Crippen molar-refractivity contribution in [2.75, 3.05) is 0 Å². The molecule has 2 heterocycles. The minimum Gasteiger partial charge on any atom is -0.508 e. The first-order valence-corrected chi connectivity index (χ1v) is 8.94. The average molecular weight is 349 g/mol. The summed E-state index contributed by atoms with van der Waals surface area (Å²) in [5.41, 5.74) is 5.63. The van der Waals surface area contributed by atoms with E-state index in [1.165, 1.54) is 5.56 Å². The van der Waals surface area contributed by atoms with Crippen LogP contribution in [0.1, 0.15) is 30.7 Å². The fourth-order valence-corrected chi connectivity index (χ4v) is 3.41. The van der Waals surface area contributed by atoms with E-state index in [9.17, 15) is 5.11 Å². The molecule has 0 fully saturated rings. The van der Waals surface area contributed by atoms with Crippen LogP contribution in [0.2, 0.25) is 0 Å². The topological polar surface area (TPSA) is 59.3 Å². The first-order valence-electron chi connectivity index (χ1n) is 8.94. The molecule has 1 aliphatic heterocycles. The monoisotopic (exact) mass is 349 g/mol. The van der Waals surface area contributed by atoms with Crippen LogP contribution >= 0.6 is 0 Å². The first kappa shape index (κ1) is 16.7. The van der Waals surface area contributed by atoms with Gasteiger partial charge in [0.1, 0.15) is 11.5 Å². The molecule has 0 saturated heterocycles. The fourth-order valence-electron chi connectivity index (χ4n) is 3.41. The number of benzene rings is 2. The number of hydrogen-bond acceptors (Lipinski definition) is 4. The molecule has 3 aromatic rings. The highest BCUT2D eigenvalue weighted by atomic mass is 16.5. The van der Waals surface area contributed by atoms with Crippen LogP contribution < -0.4 is 10.1 Å². The summed E-state index contributed by atoms with van der Waals surface area (Å²) in [6.45, 7) is 6.30. The molecule has 2 aromatic carbocycles. The Bertz CT molecular complexity index is 914. The smallest absolute Gasteiger partial charge is 0.119 e. The molecule has 1 aromatic heterocycles. The van der Waals surface area contributed by atoms with Crippen molar-refractivity contribution in [1.29, 1.82) is 0 Å². The SMILES string of the molecule is CC(C)Oc1ccc(-c2c3c(nn2Cc2cccc(O)c2)CNC3)cc1. The molecular weight excluding hydrogens is 326 g/mol. The predicted octanol–water partition coefficient (Wildman–Crippen LogP) is 3.69. The Balaban J connectivity index is 1.70. The summed E-state index contributed by atoms with van der Waals surface area (Å²) < 4.78 is 7.80. The maximum absolute atomic E-state index is 9.74. The van der Waals surface area contributed by atoms with E-state index < -0.39 is 0 Å². The highest BCUT2D eigenvalue weighted by Gasteiger charge is 2.23. The van der Waals surface area contributed by atoms with E-state index in [-0.39, 0.29) is 11.9 Å². The van der Waals surface area contributed by atoms with E-state index in [4.69, 9.17) is 9.84 Å². The molecule has 1 aliphatic rings. The Morgan fingerprint density at radius 1 is 1.15 bits per heavy atom. The minimum absolute atomic E-state index is 0.158. The normalized spacial score (nSPS) is 13.2. The summed E-state index contributed by atoms with van der Waals surface area (Å²) in [7, 11) is 0. The first-order chi connectivity index (χ1) is 12.6. The number of nitrogens with one attached hydrogen (secondary N) is 1. The maximum Gasteiger partial charge on any atom is 0.119 e. The third-order valence-electron chi connectivity index (χ3n) is 4.47. The number of phenolic OH excluding ortho intramolecular Hbond substituents is 1. The molecule has 0 unspecified atom stereocenters. The third-order valence-corrected chi connectivity index (χ3v) is 4.47. The van der Waals surface area contributed by atoms with Crippen LogP contribution in [0.15, 0.2) is 48.5 Å². The van der Waals surface area contributed by atoms with Gasteiger partial charge in [0, 0.05) is 24.2 Å². The summed E-state index contributed by atoms with van der Waals surface area (Å²) >= 11 is 0. The van der Waals surface area contributed by atoms with E-state index in [1.54, 1.807) is 12.1 Å². The predicted molar refractivity (Wildman–Crippen MR) is 101 cm³/mol. The Morgan fingerprint density at radius 3 is 2.69 bits per heavy atom. The molecule has 0 atom stereocenters. The number of hydrogen-bond donors (Lipinski definition) is 2. The van der Waals surface area contributed by atoms with Crippen LogP contribution in [-0.2, 0) is 19.6 Å². The van der Waals surface area contributed by atoms with Crippen LogP contribution in [0.3, 0.4) is 0 Å². The number of aromatic hydroxyl groups is 1. The van der Waals surface area contributed by atoms with Crippen molar-refractivity contribution in [3.05, 3.63) is 65.4 Å². The van der Waals surface area contributed by atoms with Crippen molar-refractivity contribution < 1.29 is 9.84 Å². The molecule has 5 nitrogen and oxygen atoms in total. The molecule has 0 saturated carbocycles. The standard InChI is InChI=1S/C21H23N3O2/c1-14(2)26-18-8-6-16(7-9-18)21-19-11-22-12-20(19)23-24(21)13-15-4-3-5-17(25)10-15/h3-10,14,22,25H,11-13H2,1-2H3. The van der Waals surface area contributed by atoms with Crippen LogP contribution in [0.4, 0.5) is 0 Å². The van der Waals surface area contributed by atoms with Gasteiger partial charge in [-0.2, -0.15) is 5.10 Å². The lowest BCUT2D eigenvalue weighted by molar-refractivity contribution is 0.242. The molecule has 134 valence electrons. The van der Waals surface area contributed by atoms with Gasteiger partial charge in [0.15, 0.2) is 0 Å². The van der Waals surface area contributed by atoms with Gasteiger partial charge in [-0.3, -0.25) is 4.68 Å². The number of aromatic nitrogens is 2. The Morgan fingerprint density at radius 2 is 1.96 bits per heavy atom. The summed E-state index contributed by atoms with van der Waals surface area (Å²) in [4.78, 5) is 0. The van der Waals surface area contributed by atoms with Gasteiger partial charge < -0.3 is 15.2 Å². The van der Waals surface area contributed by atoms with Gasteiger partial charge in [0.2, 0.25) is 0 Å². The molecule has 5 heteroatoms. The number of rotatable bonds is 5. The van der Waals surface area contributed by atoms with Gasteiger partial charge in [0.25, 0.3) is 0 Å². The fraction of sp³-hybridized carbons (Fsp3) is 0.286. The average Bonchev–Trinajstić information content (AvgIpc) is 3.16. The largest absolute Gasteiger partial charge is 0.508 e. The van der Waals surface area contributed by atoms with Crippen molar-refractivity contribution in [1.82, 2.24) is 15.1 Å².